The summed E-state index contributed by atoms with van der Waals surface area (Å²) >= 11 is 3.06. The number of hydrogen-bond acceptors (Lipinski definition) is 5. The fourth-order valence-corrected chi connectivity index (χ4v) is 5.88. The summed E-state index contributed by atoms with van der Waals surface area (Å²) < 4.78 is 26.4. The quantitative estimate of drug-likeness (QED) is 0.601. The number of anilines is 1. The topological polar surface area (TPSA) is 45.2 Å². The number of benzene rings is 1. The molecule has 1 aliphatic heterocycles. The van der Waals surface area contributed by atoms with Crippen molar-refractivity contribution in [2.75, 3.05) is 11.9 Å². The highest BCUT2D eigenvalue weighted by Crippen LogP contribution is 2.45. The molecular formula is C20H21F2N3OS2. The van der Waals surface area contributed by atoms with Crippen molar-refractivity contribution in [3.63, 3.8) is 0 Å². The molecule has 3 aromatic rings. The Kier molecular flexibility index (Phi) is 5.44. The van der Waals surface area contributed by atoms with Crippen LogP contribution in [0.1, 0.15) is 30.7 Å². The lowest BCUT2D eigenvalue weighted by molar-refractivity contribution is -0.118. The SMILES string of the molecule is CC(C)N1CCc2c(sc(NC(=O)CC(F)F)c2-c2nc3ccccc3s2)C1. The number of thiazole rings is 1. The summed E-state index contributed by atoms with van der Waals surface area (Å²) in [6, 6.07) is 8.33. The summed E-state index contributed by atoms with van der Waals surface area (Å²) in [5.74, 6) is -0.656. The highest BCUT2D eigenvalue weighted by atomic mass is 32.1. The molecule has 0 unspecified atom stereocenters. The molecule has 3 heterocycles. The molecule has 148 valence electrons. The summed E-state index contributed by atoms with van der Waals surface area (Å²) in [4.78, 5) is 20.4. The van der Waals surface area contributed by atoms with Crippen LogP contribution in [0.4, 0.5) is 13.8 Å². The van der Waals surface area contributed by atoms with Crippen LogP contribution in [0.2, 0.25) is 0 Å². The molecule has 0 bridgehead atoms. The molecule has 0 fully saturated rings. The van der Waals surface area contributed by atoms with Gasteiger partial charge in [-0.1, -0.05) is 12.1 Å². The maximum atomic E-state index is 12.6. The third-order valence-electron chi connectivity index (χ3n) is 4.92. The van der Waals surface area contributed by atoms with Gasteiger partial charge in [0.05, 0.1) is 16.6 Å². The first kappa shape index (κ1) is 19.4. The predicted molar refractivity (Wildman–Crippen MR) is 111 cm³/mol. The number of carbonyl (C=O) groups excluding carboxylic acids is 1. The van der Waals surface area contributed by atoms with Gasteiger partial charge in [-0.2, -0.15) is 0 Å². The number of thiophene rings is 1. The van der Waals surface area contributed by atoms with Gasteiger partial charge >= 0.3 is 0 Å². The van der Waals surface area contributed by atoms with Crippen LogP contribution in [0.5, 0.6) is 0 Å². The fraction of sp³-hybridized carbons (Fsp3) is 0.400. The van der Waals surface area contributed by atoms with Crippen molar-refractivity contribution >= 4 is 43.8 Å². The maximum absolute atomic E-state index is 12.6. The van der Waals surface area contributed by atoms with Gasteiger partial charge in [-0.25, -0.2) is 13.8 Å². The first-order valence-electron chi connectivity index (χ1n) is 9.25. The number of fused-ring (bicyclic) bond motifs is 2. The van der Waals surface area contributed by atoms with E-state index in [2.05, 4.69) is 24.1 Å². The standard InChI is InChI=1S/C20H21F2N3OS2/c1-11(2)25-8-7-12-15(10-25)28-20(24-17(26)9-16(21)22)18(12)19-23-13-5-3-4-6-14(13)27-19/h3-6,11,16H,7-10H2,1-2H3,(H,24,26). The molecule has 1 N–H and O–H groups in total. The maximum Gasteiger partial charge on any atom is 0.247 e. The number of aromatic nitrogens is 1. The number of halogens is 2. The smallest absolute Gasteiger partial charge is 0.247 e. The van der Waals surface area contributed by atoms with Gasteiger partial charge in [0.15, 0.2) is 0 Å². The lowest BCUT2D eigenvalue weighted by Gasteiger charge is -2.30. The van der Waals surface area contributed by atoms with Gasteiger partial charge in [0.1, 0.15) is 10.0 Å². The van der Waals surface area contributed by atoms with Crippen LogP contribution in [0.25, 0.3) is 20.8 Å². The van der Waals surface area contributed by atoms with Gasteiger partial charge in [0.25, 0.3) is 0 Å². The van der Waals surface area contributed by atoms with Crippen LogP contribution < -0.4 is 5.32 Å². The molecule has 1 amide bonds. The number of para-hydroxylation sites is 1. The van der Waals surface area contributed by atoms with E-state index in [1.165, 1.54) is 21.8 Å². The Balaban J connectivity index is 1.77. The van der Waals surface area contributed by atoms with Crippen molar-refractivity contribution in [1.82, 2.24) is 9.88 Å². The minimum Gasteiger partial charge on any atom is -0.317 e. The van der Waals surface area contributed by atoms with E-state index < -0.39 is 18.8 Å². The first-order chi connectivity index (χ1) is 13.4. The minimum absolute atomic E-state index is 0.429. The van der Waals surface area contributed by atoms with E-state index in [0.29, 0.717) is 11.0 Å². The van der Waals surface area contributed by atoms with Crippen molar-refractivity contribution in [2.45, 2.75) is 45.7 Å². The molecule has 8 heteroatoms. The molecule has 0 radical (unpaired) electrons. The van der Waals surface area contributed by atoms with Crippen molar-refractivity contribution in [2.24, 2.45) is 0 Å². The van der Waals surface area contributed by atoms with E-state index in [1.807, 2.05) is 24.3 Å². The number of nitrogens with one attached hydrogen (secondary N) is 1. The number of alkyl halides is 2. The Morgan fingerprint density at radius 1 is 1.29 bits per heavy atom. The first-order valence-corrected chi connectivity index (χ1v) is 10.9. The summed E-state index contributed by atoms with van der Waals surface area (Å²) in [5, 5.41) is 4.21. The van der Waals surface area contributed by atoms with E-state index in [4.69, 9.17) is 4.98 Å². The average Bonchev–Trinajstić information content (AvgIpc) is 3.20. The minimum atomic E-state index is -2.66. The second kappa shape index (κ2) is 7.85. The second-order valence-corrected chi connectivity index (χ2v) is 9.29. The molecule has 0 aliphatic carbocycles. The molecule has 4 nitrogen and oxygen atoms in total. The number of nitrogens with zero attached hydrogens (tertiary/aromatic N) is 2. The molecule has 0 saturated carbocycles. The summed E-state index contributed by atoms with van der Waals surface area (Å²) in [6.07, 6.45) is -2.59. The fourth-order valence-electron chi connectivity index (χ4n) is 3.48. The molecule has 1 aromatic carbocycles. The van der Waals surface area contributed by atoms with Crippen LogP contribution in [0.15, 0.2) is 24.3 Å². The van der Waals surface area contributed by atoms with E-state index in [-0.39, 0.29) is 0 Å². The van der Waals surface area contributed by atoms with E-state index in [9.17, 15) is 13.6 Å². The Labute approximate surface area is 170 Å². The van der Waals surface area contributed by atoms with Crippen molar-refractivity contribution in [3.05, 3.63) is 34.7 Å². The van der Waals surface area contributed by atoms with Gasteiger partial charge in [-0.05, 0) is 38.0 Å². The molecule has 28 heavy (non-hydrogen) atoms. The molecular weight excluding hydrogens is 400 g/mol. The summed E-state index contributed by atoms with van der Waals surface area (Å²) in [5.41, 5.74) is 3.01. The Morgan fingerprint density at radius 2 is 2.07 bits per heavy atom. The normalized spacial score (nSPS) is 14.8. The van der Waals surface area contributed by atoms with Gasteiger partial charge in [-0.15, -0.1) is 22.7 Å². The van der Waals surface area contributed by atoms with Crippen LogP contribution >= 0.6 is 22.7 Å². The van der Waals surface area contributed by atoms with E-state index in [0.717, 1.165) is 40.3 Å². The lowest BCUT2D eigenvalue weighted by atomic mass is 10.0. The van der Waals surface area contributed by atoms with Crippen molar-refractivity contribution in [3.8, 4) is 10.6 Å². The Bertz CT molecular complexity index is 979. The second-order valence-electron chi connectivity index (χ2n) is 7.15. The average molecular weight is 422 g/mol. The lowest BCUT2D eigenvalue weighted by Crippen LogP contribution is -2.35. The van der Waals surface area contributed by atoms with Gasteiger partial charge < -0.3 is 5.32 Å². The predicted octanol–water partition coefficient (Wildman–Crippen LogP) is 5.39. The van der Waals surface area contributed by atoms with Crippen LogP contribution in [0, 0.1) is 0 Å². The third-order valence-corrected chi connectivity index (χ3v) is 7.10. The molecule has 4 rings (SSSR count). The van der Waals surface area contributed by atoms with E-state index >= 15 is 0 Å². The zero-order valence-corrected chi connectivity index (χ0v) is 17.3. The molecule has 0 atom stereocenters. The number of amides is 1. The number of hydrogen-bond donors (Lipinski definition) is 1. The Morgan fingerprint density at radius 3 is 2.79 bits per heavy atom. The van der Waals surface area contributed by atoms with Crippen molar-refractivity contribution < 1.29 is 13.6 Å². The largest absolute Gasteiger partial charge is 0.317 e. The number of rotatable bonds is 5. The molecule has 2 aromatic heterocycles. The van der Waals surface area contributed by atoms with Crippen LogP contribution in [0.3, 0.4) is 0 Å². The molecule has 0 saturated heterocycles. The highest BCUT2D eigenvalue weighted by Gasteiger charge is 2.28. The molecule has 0 spiro atoms. The van der Waals surface area contributed by atoms with Crippen LogP contribution in [-0.2, 0) is 17.8 Å². The van der Waals surface area contributed by atoms with Crippen LogP contribution in [-0.4, -0.2) is 34.8 Å². The zero-order chi connectivity index (χ0) is 19.8. The third kappa shape index (κ3) is 3.81. The van der Waals surface area contributed by atoms with Gasteiger partial charge in [0, 0.05) is 29.6 Å². The van der Waals surface area contributed by atoms with Crippen molar-refractivity contribution in [1.29, 1.82) is 0 Å². The zero-order valence-electron chi connectivity index (χ0n) is 15.7. The molecule has 1 aliphatic rings. The summed E-state index contributed by atoms with van der Waals surface area (Å²) in [7, 11) is 0. The summed E-state index contributed by atoms with van der Waals surface area (Å²) in [6.45, 7) is 6.07. The Hall–Kier alpha value is -1.90. The monoisotopic (exact) mass is 421 g/mol. The van der Waals surface area contributed by atoms with Gasteiger partial charge in [-0.3, -0.25) is 9.69 Å². The van der Waals surface area contributed by atoms with Gasteiger partial charge in [0.2, 0.25) is 12.3 Å². The van der Waals surface area contributed by atoms with E-state index in [1.54, 1.807) is 11.3 Å². The highest BCUT2D eigenvalue weighted by molar-refractivity contribution is 7.22. The number of carbonyl (C=O) groups is 1.